The average Bonchev–Trinajstić information content (AvgIpc) is 2.90. The van der Waals surface area contributed by atoms with Crippen LogP contribution in [0.15, 0.2) is 52.4 Å². The highest BCUT2D eigenvalue weighted by Crippen LogP contribution is 2.39. The Hall–Kier alpha value is -2.38. The van der Waals surface area contributed by atoms with Gasteiger partial charge in [0.1, 0.15) is 0 Å². The summed E-state index contributed by atoms with van der Waals surface area (Å²) in [6, 6.07) is 13.9. The summed E-state index contributed by atoms with van der Waals surface area (Å²) in [6.45, 7) is 1.78. The van der Waals surface area contributed by atoms with E-state index in [1.807, 2.05) is 30.3 Å². The predicted molar refractivity (Wildman–Crippen MR) is 110 cm³/mol. The van der Waals surface area contributed by atoms with E-state index in [0.29, 0.717) is 47.2 Å². The summed E-state index contributed by atoms with van der Waals surface area (Å²) in [6.07, 6.45) is 1.60. The van der Waals surface area contributed by atoms with Gasteiger partial charge in [-0.25, -0.2) is 9.89 Å². The van der Waals surface area contributed by atoms with E-state index in [4.69, 9.17) is 21.1 Å². The van der Waals surface area contributed by atoms with Gasteiger partial charge in [-0.3, -0.25) is 4.57 Å². The molecule has 1 aromatic heterocycles. The highest BCUT2D eigenvalue weighted by Gasteiger charge is 2.16. The van der Waals surface area contributed by atoms with E-state index in [0.717, 1.165) is 18.4 Å². The lowest BCUT2D eigenvalue weighted by Gasteiger charge is -2.11. The van der Waals surface area contributed by atoms with Crippen molar-refractivity contribution in [3.63, 3.8) is 0 Å². The Morgan fingerprint density at radius 3 is 2.82 bits per heavy atom. The van der Waals surface area contributed by atoms with Crippen molar-refractivity contribution in [2.45, 2.75) is 30.3 Å². The lowest BCUT2D eigenvalue weighted by Crippen LogP contribution is -2.18. The summed E-state index contributed by atoms with van der Waals surface area (Å²) >= 11 is 7.85. The number of ether oxygens (including phenoxy) is 2. The Labute approximate surface area is 171 Å². The fourth-order valence-corrected chi connectivity index (χ4v) is 4.20. The molecule has 4 rings (SSSR count). The van der Waals surface area contributed by atoms with E-state index >= 15 is 0 Å². The minimum absolute atomic E-state index is 0.199. The van der Waals surface area contributed by atoms with Crippen LogP contribution in [-0.2, 0) is 18.7 Å². The van der Waals surface area contributed by atoms with Gasteiger partial charge in [0.25, 0.3) is 0 Å². The summed E-state index contributed by atoms with van der Waals surface area (Å²) in [5, 5.41) is 7.91. The maximum absolute atomic E-state index is 12.1. The number of thioether (sulfide) groups is 1. The molecule has 0 amide bonds. The molecule has 0 spiro atoms. The number of hydrogen-bond donors (Lipinski definition) is 1. The van der Waals surface area contributed by atoms with Gasteiger partial charge in [0.15, 0.2) is 16.7 Å². The summed E-state index contributed by atoms with van der Waals surface area (Å²) in [4.78, 5) is 12.1. The molecule has 1 aliphatic rings. The number of hydrogen-bond acceptors (Lipinski definition) is 5. The summed E-state index contributed by atoms with van der Waals surface area (Å²) in [5.41, 5.74) is 1.97. The predicted octanol–water partition coefficient (Wildman–Crippen LogP) is 3.92. The van der Waals surface area contributed by atoms with Crippen LogP contribution in [0, 0.1) is 0 Å². The number of halogens is 1. The minimum Gasteiger partial charge on any atom is -0.489 e. The van der Waals surface area contributed by atoms with Crippen molar-refractivity contribution >= 4 is 23.4 Å². The number of aromatic nitrogens is 3. The van der Waals surface area contributed by atoms with E-state index in [-0.39, 0.29) is 5.69 Å². The van der Waals surface area contributed by atoms with Crippen molar-refractivity contribution in [2.24, 2.45) is 0 Å². The molecule has 2 heterocycles. The van der Waals surface area contributed by atoms with Crippen LogP contribution < -0.4 is 15.2 Å². The standard InChI is InChI=1S/C20H20ClN3O3S/c21-16-11-15(12-17-18(16)27-10-4-9-26-17)13-28-20-23-22-19(25)24(20)8-7-14-5-2-1-3-6-14/h1-3,5-6,11-12H,4,7-10,13H2,(H,22,25). The molecule has 1 aliphatic heterocycles. The Morgan fingerprint density at radius 1 is 1.14 bits per heavy atom. The molecule has 0 fully saturated rings. The number of aryl methyl sites for hydroxylation is 1. The van der Waals surface area contributed by atoms with Crippen molar-refractivity contribution in [1.29, 1.82) is 0 Å². The Balaban J connectivity index is 1.46. The van der Waals surface area contributed by atoms with Gasteiger partial charge in [-0.05, 0) is 29.7 Å². The summed E-state index contributed by atoms with van der Waals surface area (Å²) < 4.78 is 13.1. The van der Waals surface area contributed by atoms with Crippen molar-refractivity contribution in [1.82, 2.24) is 14.8 Å². The van der Waals surface area contributed by atoms with Crippen molar-refractivity contribution in [3.05, 3.63) is 69.1 Å². The molecule has 0 aliphatic carbocycles. The van der Waals surface area contributed by atoms with Crippen LogP contribution in [-0.4, -0.2) is 28.0 Å². The first-order chi connectivity index (χ1) is 13.7. The Morgan fingerprint density at radius 2 is 1.96 bits per heavy atom. The smallest absolute Gasteiger partial charge is 0.343 e. The molecule has 0 saturated heterocycles. The van der Waals surface area contributed by atoms with Crippen LogP contribution in [0.3, 0.4) is 0 Å². The molecule has 1 N–H and O–H groups in total. The molecule has 0 saturated carbocycles. The Kier molecular flexibility index (Phi) is 5.92. The van der Waals surface area contributed by atoms with Gasteiger partial charge in [-0.15, -0.1) is 5.10 Å². The van der Waals surface area contributed by atoms with Gasteiger partial charge in [0.05, 0.1) is 18.2 Å². The molecular formula is C20H20ClN3O3S. The highest BCUT2D eigenvalue weighted by atomic mass is 35.5. The topological polar surface area (TPSA) is 69.1 Å². The van der Waals surface area contributed by atoms with E-state index in [9.17, 15) is 4.79 Å². The third-order valence-electron chi connectivity index (χ3n) is 4.42. The molecule has 3 aromatic rings. The molecular weight excluding hydrogens is 398 g/mol. The summed E-state index contributed by atoms with van der Waals surface area (Å²) in [7, 11) is 0. The van der Waals surface area contributed by atoms with E-state index in [1.165, 1.54) is 17.3 Å². The lowest BCUT2D eigenvalue weighted by atomic mass is 10.1. The third-order valence-corrected chi connectivity index (χ3v) is 5.75. The van der Waals surface area contributed by atoms with Crippen molar-refractivity contribution in [2.75, 3.05) is 13.2 Å². The minimum atomic E-state index is -0.199. The second-order valence-corrected chi connectivity index (χ2v) is 7.79. The van der Waals surface area contributed by atoms with Gasteiger partial charge in [-0.2, -0.15) is 0 Å². The number of rotatable bonds is 6. The maximum atomic E-state index is 12.1. The molecule has 0 radical (unpaired) electrons. The first-order valence-corrected chi connectivity index (χ1v) is 10.5. The summed E-state index contributed by atoms with van der Waals surface area (Å²) in [5.74, 6) is 1.89. The van der Waals surface area contributed by atoms with Crippen molar-refractivity contribution < 1.29 is 9.47 Å². The SMILES string of the molecule is O=c1[nH]nc(SCc2cc(Cl)c3c(c2)OCCCO3)n1CCc1ccccc1. The number of H-pyrrole nitrogens is 1. The number of aromatic amines is 1. The fraction of sp³-hybridized carbons (Fsp3) is 0.300. The van der Waals surface area contributed by atoms with Crippen molar-refractivity contribution in [3.8, 4) is 11.5 Å². The number of fused-ring (bicyclic) bond motifs is 1. The Bertz CT molecular complexity index is 1000. The van der Waals surface area contributed by atoms with Crippen LogP contribution in [0.1, 0.15) is 17.5 Å². The van der Waals surface area contributed by atoms with Crippen LogP contribution >= 0.6 is 23.4 Å². The number of nitrogens with one attached hydrogen (secondary N) is 1. The van der Waals surface area contributed by atoms with Gasteiger partial charge < -0.3 is 9.47 Å². The zero-order valence-electron chi connectivity index (χ0n) is 15.2. The van der Waals surface area contributed by atoms with Crippen LogP contribution in [0.4, 0.5) is 0 Å². The normalized spacial score (nSPS) is 13.3. The van der Waals surface area contributed by atoms with Gasteiger partial charge in [0, 0.05) is 18.7 Å². The lowest BCUT2D eigenvalue weighted by molar-refractivity contribution is 0.297. The molecule has 0 unspecified atom stereocenters. The van der Waals surface area contributed by atoms with E-state index < -0.39 is 0 Å². The van der Waals surface area contributed by atoms with Crippen LogP contribution in [0.5, 0.6) is 11.5 Å². The molecule has 28 heavy (non-hydrogen) atoms. The first-order valence-electron chi connectivity index (χ1n) is 9.10. The molecule has 6 nitrogen and oxygen atoms in total. The number of nitrogens with zero attached hydrogens (tertiary/aromatic N) is 2. The fourth-order valence-electron chi connectivity index (χ4n) is 3.01. The zero-order chi connectivity index (χ0) is 19.3. The second-order valence-electron chi connectivity index (χ2n) is 6.44. The molecule has 8 heteroatoms. The first kappa shape index (κ1) is 19.0. The molecule has 0 bridgehead atoms. The van der Waals surface area contributed by atoms with E-state index in [2.05, 4.69) is 22.3 Å². The number of benzene rings is 2. The second kappa shape index (κ2) is 8.75. The van der Waals surface area contributed by atoms with Gasteiger partial charge >= 0.3 is 5.69 Å². The third kappa shape index (κ3) is 4.36. The largest absolute Gasteiger partial charge is 0.489 e. The van der Waals surface area contributed by atoms with Gasteiger partial charge in [-0.1, -0.05) is 53.7 Å². The molecule has 146 valence electrons. The monoisotopic (exact) mass is 417 g/mol. The van der Waals surface area contributed by atoms with Gasteiger partial charge in [0.2, 0.25) is 0 Å². The average molecular weight is 418 g/mol. The molecule has 0 atom stereocenters. The highest BCUT2D eigenvalue weighted by molar-refractivity contribution is 7.98. The van der Waals surface area contributed by atoms with Crippen LogP contribution in [0.25, 0.3) is 0 Å². The van der Waals surface area contributed by atoms with Crippen LogP contribution in [0.2, 0.25) is 5.02 Å². The maximum Gasteiger partial charge on any atom is 0.343 e. The van der Waals surface area contributed by atoms with E-state index in [1.54, 1.807) is 4.57 Å². The quantitative estimate of drug-likeness (QED) is 0.615. The molecule has 2 aromatic carbocycles. The zero-order valence-corrected chi connectivity index (χ0v) is 16.8.